The number of aromatic nitrogens is 5. The lowest BCUT2D eigenvalue weighted by atomic mass is 10.3. The van der Waals surface area contributed by atoms with E-state index in [0.717, 1.165) is 0 Å². The van der Waals surface area contributed by atoms with Gasteiger partial charge in [-0.2, -0.15) is 20.1 Å². The number of hydrogen-bond donors (Lipinski definition) is 2. The van der Waals surface area contributed by atoms with Gasteiger partial charge in [0.05, 0.1) is 6.61 Å². The highest BCUT2D eigenvalue weighted by Gasteiger charge is 2.16. The van der Waals surface area contributed by atoms with E-state index in [4.69, 9.17) is 0 Å². The SMILES string of the molecule is CNc1nc(N(CCO)C(C)C)nc(-n2cccn2)n1. The molecule has 0 radical (unpaired) electrons. The highest BCUT2D eigenvalue weighted by atomic mass is 16.3. The molecule has 20 heavy (non-hydrogen) atoms. The zero-order valence-electron chi connectivity index (χ0n) is 11.9. The first-order valence-corrected chi connectivity index (χ1v) is 6.47. The van der Waals surface area contributed by atoms with E-state index in [0.29, 0.717) is 24.4 Å². The molecule has 8 heteroatoms. The molecule has 0 aliphatic heterocycles. The van der Waals surface area contributed by atoms with Crippen molar-refractivity contribution < 1.29 is 5.11 Å². The molecule has 0 aromatic carbocycles. The third kappa shape index (κ3) is 3.02. The Labute approximate surface area is 117 Å². The molecule has 0 spiro atoms. The Morgan fingerprint density at radius 3 is 2.70 bits per heavy atom. The summed E-state index contributed by atoms with van der Waals surface area (Å²) in [5.41, 5.74) is 0. The third-order valence-corrected chi connectivity index (χ3v) is 2.77. The molecule has 2 rings (SSSR count). The van der Waals surface area contributed by atoms with Crippen LogP contribution >= 0.6 is 0 Å². The molecule has 0 bridgehead atoms. The van der Waals surface area contributed by atoms with Crippen LogP contribution in [0.3, 0.4) is 0 Å². The fourth-order valence-electron chi connectivity index (χ4n) is 1.78. The van der Waals surface area contributed by atoms with Gasteiger partial charge in [-0.3, -0.25) is 0 Å². The van der Waals surface area contributed by atoms with Crippen molar-refractivity contribution in [2.24, 2.45) is 0 Å². The molecule has 0 atom stereocenters. The third-order valence-electron chi connectivity index (χ3n) is 2.77. The molecule has 108 valence electrons. The van der Waals surface area contributed by atoms with E-state index in [1.54, 1.807) is 30.2 Å². The Hall–Kier alpha value is -2.22. The predicted molar refractivity (Wildman–Crippen MR) is 76.1 cm³/mol. The minimum absolute atomic E-state index is 0.0376. The average Bonchev–Trinajstić information content (AvgIpc) is 2.98. The average molecular weight is 277 g/mol. The molecule has 0 fully saturated rings. The van der Waals surface area contributed by atoms with E-state index in [1.165, 1.54) is 0 Å². The van der Waals surface area contributed by atoms with E-state index in [2.05, 4.69) is 25.4 Å². The second-order valence-electron chi connectivity index (χ2n) is 4.47. The van der Waals surface area contributed by atoms with E-state index in [1.807, 2.05) is 18.7 Å². The highest BCUT2D eigenvalue weighted by Crippen LogP contribution is 2.15. The predicted octanol–water partition coefficient (Wildman–Crippen LogP) is 0.306. The van der Waals surface area contributed by atoms with Crippen LogP contribution < -0.4 is 10.2 Å². The quantitative estimate of drug-likeness (QED) is 0.784. The number of aliphatic hydroxyl groups excluding tert-OH is 1. The van der Waals surface area contributed by atoms with Gasteiger partial charge in [-0.1, -0.05) is 0 Å². The van der Waals surface area contributed by atoms with E-state index >= 15 is 0 Å². The van der Waals surface area contributed by atoms with Crippen LogP contribution in [0.4, 0.5) is 11.9 Å². The molecule has 8 nitrogen and oxygen atoms in total. The van der Waals surface area contributed by atoms with Gasteiger partial charge >= 0.3 is 0 Å². The summed E-state index contributed by atoms with van der Waals surface area (Å²) >= 11 is 0. The molecule has 2 heterocycles. The largest absolute Gasteiger partial charge is 0.395 e. The maximum absolute atomic E-state index is 9.18. The van der Waals surface area contributed by atoms with Crippen molar-refractivity contribution in [3.05, 3.63) is 18.5 Å². The summed E-state index contributed by atoms with van der Waals surface area (Å²) in [6.07, 6.45) is 3.43. The minimum atomic E-state index is 0.0376. The summed E-state index contributed by atoms with van der Waals surface area (Å²) in [7, 11) is 1.75. The van der Waals surface area contributed by atoms with Gasteiger partial charge in [0.15, 0.2) is 0 Å². The summed E-state index contributed by atoms with van der Waals surface area (Å²) in [6.45, 7) is 4.54. The van der Waals surface area contributed by atoms with Crippen molar-refractivity contribution in [3.63, 3.8) is 0 Å². The second kappa shape index (κ2) is 6.29. The summed E-state index contributed by atoms with van der Waals surface area (Å²) in [5.74, 6) is 1.41. The maximum atomic E-state index is 9.18. The van der Waals surface area contributed by atoms with Crippen LogP contribution in [0.2, 0.25) is 0 Å². The lowest BCUT2D eigenvalue weighted by Gasteiger charge is -2.26. The van der Waals surface area contributed by atoms with Crippen LogP contribution in [0.15, 0.2) is 18.5 Å². The molecular weight excluding hydrogens is 258 g/mol. The first kappa shape index (κ1) is 14.2. The Kier molecular flexibility index (Phi) is 4.46. The number of hydrogen-bond acceptors (Lipinski definition) is 7. The molecule has 0 saturated carbocycles. The van der Waals surface area contributed by atoms with Crippen LogP contribution in [0.25, 0.3) is 5.95 Å². The first-order chi connectivity index (χ1) is 9.65. The van der Waals surface area contributed by atoms with Gasteiger partial charge in [-0.15, -0.1) is 0 Å². The van der Waals surface area contributed by atoms with Crippen LogP contribution in [-0.4, -0.2) is 56.1 Å². The topological polar surface area (TPSA) is 92.0 Å². The Morgan fingerprint density at radius 2 is 2.15 bits per heavy atom. The van der Waals surface area contributed by atoms with Crippen LogP contribution in [0.1, 0.15) is 13.8 Å². The number of nitrogens with zero attached hydrogens (tertiary/aromatic N) is 6. The molecule has 2 aromatic rings. The van der Waals surface area contributed by atoms with Gasteiger partial charge < -0.3 is 15.3 Å². The Balaban J connectivity index is 2.44. The summed E-state index contributed by atoms with van der Waals surface area (Å²) in [5, 5.41) is 16.2. The van der Waals surface area contributed by atoms with E-state index in [-0.39, 0.29) is 12.6 Å². The normalized spacial score (nSPS) is 10.8. The van der Waals surface area contributed by atoms with Crippen molar-refractivity contribution in [1.82, 2.24) is 24.7 Å². The van der Waals surface area contributed by atoms with Crippen molar-refractivity contribution >= 4 is 11.9 Å². The van der Waals surface area contributed by atoms with Gasteiger partial charge in [0, 0.05) is 32.0 Å². The Bertz CT molecular complexity index is 541. The van der Waals surface area contributed by atoms with Crippen LogP contribution in [-0.2, 0) is 0 Å². The Morgan fingerprint density at radius 1 is 1.35 bits per heavy atom. The molecule has 0 aliphatic rings. The number of rotatable bonds is 6. The first-order valence-electron chi connectivity index (χ1n) is 6.47. The highest BCUT2D eigenvalue weighted by molar-refractivity contribution is 5.40. The summed E-state index contributed by atoms with van der Waals surface area (Å²) < 4.78 is 1.57. The molecule has 2 aromatic heterocycles. The van der Waals surface area contributed by atoms with Crippen LogP contribution in [0.5, 0.6) is 0 Å². The van der Waals surface area contributed by atoms with E-state index < -0.39 is 0 Å². The standard InChI is InChI=1S/C12H19N7O/c1-9(2)18(7-8-20)11-15-10(13-3)16-12(17-11)19-6-4-5-14-19/h4-6,9,20H,7-8H2,1-3H3,(H,13,15,16,17). The molecule has 0 saturated heterocycles. The number of anilines is 2. The molecule has 2 N–H and O–H groups in total. The van der Waals surface area contributed by atoms with Crippen LogP contribution in [0, 0.1) is 0 Å². The zero-order chi connectivity index (χ0) is 14.5. The van der Waals surface area contributed by atoms with Gasteiger partial charge in [0.1, 0.15) is 0 Å². The maximum Gasteiger partial charge on any atom is 0.257 e. The molecule has 0 unspecified atom stereocenters. The summed E-state index contributed by atoms with van der Waals surface area (Å²) in [4.78, 5) is 14.9. The van der Waals surface area contributed by atoms with Crippen molar-refractivity contribution in [2.45, 2.75) is 19.9 Å². The fraction of sp³-hybridized carbons (Fsp3) is 0.500. The smallest absolute Gasteiger partial charge is 0.257 e. The van der Waals surface area contributed by atoms with Gasteiger partial charge in [-0.05, 0) is 19.9 Å². The van der Waals surface area contributed by atoms with Gasteiger partial charge in [0.2, 0.25) is 11.9 Å². The number of nitrogens with one attached hydrogen (secondary N) is 1. The van der Waals surface area contributed by atoms with Crippen molar-refractivity contribution in [1.29, 1.82) is 0 Å². The lowest BCUT2D eigenvalue weighted by molar-refractivity contribution is 0.298. The molecule has 0 aliphatic carbocycles. The molecular formula is C12H19N7O. The monoisotopic (exact) mass is 277 g/mol. The number of aliphatic hydroxyl groups is 1. The lowest BCUT2D eigenvalue weighted by Crippen LogP contribution is -2.35. The van der Waals surface area contributed by atoms with Gasteiger partial charge in [0.25, 0.3) is 5.95 Å². The fourth-order valence-corrected chi connectivity index (χ4v) is 1.78. The minimum Gasteiger partial charge on any atom is -0.395 e. The van der Waals surface area contributed by atoms with Crippen molar-refractivity contribution in [3.8, 4) is 5.95 Å². The van der Waals surface area contributed by atoms with Gasteiger partial charge in [-0.25, -0.2) is 4.68 Å². The van der Waals surface area contributed by atoms with Crippen molar-refractivity contribution in [2.75, 3.05) is 30.4 Å². The summed E-state index contributed by atoms with van der Waals surface area (Å²) in [6, 6.07) is 1.97. The van der Waals surface area contributed by atoms with E-state index in [9.17, 15) is 5.11 Å². The molecule has 0 amide bonds. The second-order valence-corrected chi connectivity index (χ2v) is 4.47. The zero-order valence-corrected chi connectivity index (χ0v) is 11.9.